The third-order valence-corrected chi connectivity index (χ3v) is 5.00. The van der Waals surface area contributed by atoms with E-state index in [0.29, 0.717) is 5.88 Å². The van der Waals surface area contributed by atoms with Gasteiger partial charge in [-0.3, -0.25) is 4.98 Å². The van der Waals surface area contributed by atoms with Crippen molar-refractivity contribution < 1.29 is 9.84 Å². The number of hydrogen-bond acceptors (Lipinski definition) is 4. The largest absolute Gasteiger partial charge is 0.506 e. The van der Waals surface area contributed by atoms with E-state index in [0.717, 1.165) is 35.4 Å². The molecule has 30 heavy (non-hydrogen) atoms. The first-order valence-electron chi connectivity index (χ1n) is 9.97. The van der Waals surface area contributed by atoms with Crippen LogP contribution in [0.15, 0.2) is 79.1 Å². The minimum atomic E-state index is 0.129. The molecule has 0 saturated carbocycles. The molecule has 4 nitrogen and oxygen atoms in total. The molecule has 4 aromatic rings. The average molecular weight is 396 g/mol. The Morgan fingerprint density at radius 2 is 1.53 bits per heavy atom. The summed E-state index contributed by atoms with van der Waals surface area (Å²) >= 11 is 0. The quantitative estimate of drug-likeness (QED) is 0.449. The second-order valence-electron chi connectivity index (χ2n) is 7.51. The summed E-state index contributed by atoms with van der Waals surface area (Å²) in [5.41, 5.74) is 6.55. The van der Waals surface area contributed by atoms with Crippen LogP contribution in [0, 0.1) is 13.8 Å². The normalized spacial score (nSPS) is 10.7. The Kier molecular flexibility index (Phi) is 5.75. The SMILES string of the molecule is Cc1cccnc1Cc1cc(Cc2ccccc2)cc(Oc2ncc(O)cc2C)c1. The maximum atomic E-state index is 9.62. The number of nitrogens with zero attached hydrogens (tertiary/aromatic N) is 2. The van der Waals surface area contributed by atoms with Crippen LogP contribution in [0.1, 0.15) is 33.5 Å². The zero-order valence-electron chi connectivity index (χ0n) is 17.2. The first kappa shape index (κ1) is 19.6. The highest BCUT2D eigenvalue weighted by atomic mass is 16.5. The number of hydrogen-bond donors (Lipinski definition) is 1. The highest BCUT2D eigenvalue weighted by Gasteiger charge is 2.10. The Morgan fingerprint density at radius 1 is 0.767 bits per heavy atom. The summed E-state index contributed by atoms with van der Waals surface area (Å²) < 4.78 is 6.11. The van der Waals surface area contributed by atoms with Gasteiger partial charge < -0.3 is 9.84 Å². The van der Waals surface area contributed by atoms with Gasteiger partial charge >= 0.3 is 0 Å². The molecule has 0 aliphatic rings. The lowest BCUT2D eigenvalue weighted by atomic mass is 9.99. The Balaban J connectivity index is 1.68. The number of aromatic hydroxyl groups is 1. The molecule has 1 N–H and O–H groups in total. The minimum Gasteiger partial charge on any atom is -0.506 e. The Hall–Kier alpha value is -3.66. The maximum absolute atomic E-state index is 9.62. The van der Waals surface area contributed by atoms with Crippen molar-refractivity contribution in [3.8, 4) is 17.4 Å². The number of rotatable bonds is 6. The lowest BCUT2D eigenvalue weighted by Gasteiger charge is -2.13. The summed E-state index contributed by atoms with van der Waals surface area (Å²) in [5, 5.41) is 9.62. The third kappa shape index (κ3) is 4.84. The van der Waals surface area contributed by atoms with Crippen LogP contribution in [0.5, 0.6) is 17.4 Å². The molecular formula is C26H24N2O2. The van der Waals surface area contributed by atoms with Gasteiger partial charge in [-0.15, -0.1) is 0 Å². The summed E-state index contributed by atoms with van der Waals surface area (Å²) in [6.45, 7) is 3.95. The van der Waals surface area contributed by atoms with Crippen molar-refractivity contribution in [3.05, 3.63) is 113 Å². The molecule has 150 valence electrons. The Labute approximate surface area is 176 Å². The smallest absolute Gasteiger partial charge is 0.222 e. The lowest BCUT2D eigenvalue weighted by Crippen LogP contribution is -1.99. The summed E-state index contributed by atoms with van der Waals surface area (Å²) in [6.07, 6.45) is 4.77. The van der Waals surface area contributed by atoms with Crippen molar-refractivity contribution >= 4 is 0 Å². The average Bonchev–Trinajstić information content (AvgIpc) is 2.72. The summed E-state index contributed by atoms with van der Waals surface area (Å²) in [4.78, 5) is 8.77. The van der Waals surface area contributed by atoms with Gasteiger partial charge in [-0.1, -0.05) is 42.5 Å². The topological polar surface area (TPSA) is 55.2 Å². The number of aromatic nitrogens is 2. The molecule has 0 atom stereocenters. The van der Waals surface area contributed by atoms with Crippen molar-refractivity contribution in [1.82, 2.24) is 9.97 Å². The van der Waals surface area contributed by atoms with Gasteiger partial charge in [-0.05, 0) is 66.8 Å². The fourth-order valence-electron chi connectivity index (χ4n) is 3.49. The number of benzene rings is 2. The van der Waals surface area contributed by atoms with E-state index in [1.54, 1.807) is 6.07 Å². The minimum absolute atomic E-state index is 0.129. The molecule has 4 rings (SSSR count). The molecule has 2 heterocycles. The standard InChI is InChI=1S/C26H24N2O2/c1-18-7-6-10-27-25(18)16-22-13-21(12-20-8-4-3-5-9-20)14-24(15-22)30-26-19(2)11-23(29)17-28-26/h3-11,13-15,17,29H,12,16H2,1-2H3. The molecule has 0 saturated heterocycles. The van der Waals surface area contributed by atoms with Crippen LogP contribution >= 0.6 is 0 Å². The molecular weight excluding hydrogens is 372 g/mol. The molecule has 0 spiro atoms. The molecule has 4 heteroatoms. The lowest BCUT2D eigenvalue weighted by molar-refractivity contribution is 0.443. The maximum Gasteiger partial charge on any atom is 0.222 e. The molecule has 0 aliphatic heterocycles. The van der Waals surface area contributed by atoms with Crippen LogP contribution in [0.25, 0.3) is 0 Å². The monoisotopic (exact) mass is 396 g/mol. The van der Waals surface area contributed by atoms with Crippen LogP contribution in [0.4, 0.5) is 0 Å². The van der Waals surface area contributed by atoms with E-state index in [-0.39, 0.29) is 5.75 Å². The van der Waals surface area contributed by atoms with Crippen molar-refractivity contribution in [2.24, 2.45) is 0 Å². The van der Waals surface area contributed by atoms with E-state index in [4.69, 9.17) is 4.74 Å². The van der Waals surface area contributed by atoms with Crippen LogP contribution in [0.2, 0.25) is 0 Å². The van der Waals surface area contributed by atoms with Gasteiger partial charge in [0.05, 0.1) is 6.20 Å². The van der Waals surface area contributed by atoms with E-state index in [1.165, 1.54) is 22.9 Å². The van der Waals surface area contributed by atoms with Gasteiger partial charge in [0, 0.05) is 23.9 Å². The first-order chi connectivity index (χ1) is 14.6. The van der Waals surface area contributed by atoms with Gasteiger partial charge in [-0.2, -0.15) is 0 Å². The van der Waals surface area contributed by atoms with Crippen molar-refractivity contribution in [1.29, 1.82) is 0 Å². The fraction of sp³-hybridized carbons (Fsp3) is 0.154. The zero-order valence-corrected chi connectivity index (χ0v) is 17.2. The van der Waals surface area contributed by atoms with Crippen molar-refractivity contribution in [2.75, 3.05) is 0 Å². The van der Waals surface area contributed by atoms with Crippen LogP contribution in [-0.4, -0.2) is 15.1 Å². The van der Waals surface area contributed by atoms with Gasteiger partial charge in [0.15, 0.2) is 0 Å². The van der Waals surface area contributed by atoms with E-state index in [2.05, 4.69) is 59.4 Å². The summed E-state index contributed by atoms with van der Waals surface area (Å²) in [6, 6.07) is 22.4. The van der Waals surface area contributed by atoms with Crippen molar-refractivity contribution in [3.63, 3.8) is 0 Å². The van der Waals surface area contributed by atoms with Gasteiger partial charge in [0.25, 0.3) is 0 Å². The van der Waals surface area contributed by atoms with E-state index in [1.807, 2.05) is 31.3 Å². The highest BCUT2D eigenvalue weighted by Crippen LogP contribution is 2.28. The summed E-state index contributed by atoms with van der Waals surface area (Å²) in [7, 11) is 0. The number of ether oxygens (including phenoxy) is 1. The first-order valence-corrected chi connectivity index (χ1v) is 9.97. The molecule has 0 amide bonds. The van der Waals surface area contributed by atoms with Crippen LogP contribution in [0.3, 0.4) is 0 Å². The van der Waals surface area contributed by atoms with Crippen LogP contribution < -0.4 is 4.74 Å². The van der Waals surface area contributed by atoms with Gasteiger partial charge in [0.1, 0.15) is 11.5 Å². The second kappa shape index (κ2) is 8.78. The van der Waals surface area contributed by atoms with E-state index in [9.17, 15) is 5.11 Å². The van der Waals surface area contributed by atoms with E-state index >= 15 is 0 Å². The molecule has 0 fully saturated rings. The molecule has 0 radical (unpaired) electrons. The molecule has 2 aromatic heterocycles. The molecule has 0 bridgehead atoms. The zero-order chi connectivity index (χ0) is 20.9. The Morgan fingerprint density at radius 3 is 2.27 bits per heavy atom. The fourth-order valence-corrected chi connectivity index (χ4v) is 3.49. The molecule has 0 aliphatic carbocycles. The molecule has 0 unspecified atom stereocenters. The summed E-state index contributed by atoms with van der Waals surface area (Å²) in [5.74, 6) is 1.35. The predicted octanol–water partition coefficient (Wildman–Crippen LogP) is 5.77. The Bertz CT molecular complexity index is 1160. The predicted molar refractivity (Wildman–Crippen MR) is 118 cm³/mol. The second-order valence-corrected chi connectivity index (χ2v) is 7.51. The number of pyridine rings is 2. The van der Waals surface area contributed by atoms with Gasteiger partial charge in [-0.25, -0.2) is 4.98 Å². The third-order valence-electron chi connectivity index (χ3n) is 5.00. The number of aryl methyl sites for hydroxylation is 2. The highest BCUT2D eigenvalue weighted by molar-refractivity contribution is 5.42. The molecule has 2 aromatic carbocycles. The van der Waals surface area contributed by atoms with Crippen LogP contribution in [-0.2, 0) is 12.8 Å². The van der Waals surface area contributed by atoms with Crippen molar-refractivity contribution in [2.45, 2.75) is 26.7 Å². The van der Waals surface area contributed by atoms with Gasteiger partial charge in [0.2, 0.25) is 5.88 Å². The van der Waals surface area contributed by atoms with E-state index < -0.39 is 0 Å².